The minimum Gasteiger partial charge on any atom is -0.481 e. The number of carboxylic acid groups (broad SMARTS) is 1. The number of hydrogen-bond acceptors (Lipinski definition) is 6. The SMILES string of the molecule is CCCOC(C)COC(C)COC(=O)C(O)CC(=O)O. The fraction of sp³-hybridized carbons (Fsp3) is 0.846. The van der Waals surface area contributed by atoms with Crippen molar-refractivity contribution in [1.29, 1.82) is 0 Å². The van der Waals surface area contributed by atoms with Gasteiger partial charge < -0.3 is 24.4 Å². The highest BCUT2D eigenvalue weighted by Crippen LogP contribution is 2.01. The van der Waals surface area contributed by atoms with Crippen LogP contribution in [0.2, 0.25) is 0 Å². The number of hydrogen-bond donors (Lipinski definition) is 2. The van der Waals surface area contributed by atoms with Gasteiger partial charge in [-0.25, -0.2) is 4.79 Å². The number of ether oxygens (including phenoxy) is 3. The van der Waals surface area contributed by atoms with Crippen LogP contribution in [0.4, 0.5) is 0 Å². The second-order valence-corrected chi connectivity index (χ2v) is 4.57. The van der Waals surface area contributed by atoms with Crippen molar-refractivity contribution in [3.05, 3.63) is 0 Å². The second-order valence-electron chi connectivity index (χ2n) is 4.57. The molecule has 0 aliphatic heterocycles. The van der Waals surface area contributed by atoms with Crippen LogP contribution >= 0.6 is 0 Å². The number of esters is 1. The molecule has 7 nitrogen and oxygen atoms in total. The summed E-state index contributed by atoms with van der Waals surface area (Å²) in [7, 11) is 0. The van der Waals surface area contributed by atoms with Gasteiger partial charge in [0, 0.05) is 6.61 Å². The third-order valence-corrected chi connectivity index (χ3v) is 2.32. The van der Waals surface area contributed by atoms with E-state index < -0.39 is 24.5 Å². The normalized spacial score (nSPS) is 15.4. The minimum absolute atomic E-state index is 0.0456. The van der Waals surface area contributed by atoms with Crippen LogP contribution in [0.25, 0.3) is 0 Å². The third-order valence-electron chi connectivity index (χ3n) is 2.32. The zero-order valence-electron chi connectivity index (χ0n) is 12.2. The lowest BCUT2D eigenvalue weighted by Crippen LogP contribution is -2.30. The molecule has 0 amide bonds. The predicted octanol–water partition coefficient (Wildman–Crippen LogP) is 0.585. The summed E-state index contributed by atoms with van der Waals surface area (Å²) in [6.45, 7) is 6.59. The molecule has 0 bridgehead atoms. The number of carboxylic acids is 1. The van der Waals surface area contributed by atoms with Crippen molar-refractivity contribution in [2.75, 3.05) is 19.8 Å². The van der Waals surface area contributed by atoms with E-state index in [-0.39, 0.29) is 18.8 Å². The molecule has 20 heavy (non-hydrogen) atoms. The number of carbonyl (C=O) groups excluding carboxylic acids is 1. The Labute approximate surface area is 118 Å². The van der Waals surface area contributed by atoms with Gasteiger partial charge in [-0.05, 0) is 20.3 Å². The van der Waals surface area contributed by atoms with E-state index in [4.69, 9.17) is 19.3 Å². The first kappa shape index (κ1) is 18.8. The number of rotatable bonds is 11. The average molecular weight is 292 g/mol. The molecule has 0 rings (SSSR count). The van der Waals surface area contributed by atoms with E-state index in [0.717, 1.165) is 6.42 Å². The molecule has 0 saturated heterocycles. The van der Waals surface area contributed by atoms with Gasteiger partial charge in [-0.3, -0.25) is 4.79 Å². The first-order valence-corrected chi connectivity index (χ1v) is 6.66. The molecule has 118 valence electrons. The summed E-state index contributed by atoms with van der Waals surface area (Å²) < 4.78 is 15.6. The zero-order valence-corrected chi connectivity index (χ0v) is 12.2. The summed E-state index contributed by atoms with van der Waals surface area (Å²) in [5.74, 6) is -2.22. The van der Waals surface area contributed by atoms with Gasteiger partial charge in [0.2, 0.25) is 0 Å². The predicted molar refractivity (Wildman–Crippen MR) is 70.3 cm³/mol. The van der Waals surface area contributed by atoms with Crippen molar-refractivity contribution in [1.82, 2.24) is 0 Å². The quantitative estimate of drug-likeness (QED) is 0.537. The van der Waals surface area contributed by atoms with Gasteiger partial charge in [-0.1, -0.05) is 6.92 Å². The van der Waals surface area contributed by atoms with Crippen LogP contribution in [0.3, 0.4) is 0 Å². The molecule has 7 heteroatoms. The molecule has 3 unspecified atom stereocenters. The van der Waals surface area contributed by atoms with Gasteiger partial charge >= 0.3 is 11.9 Å². The van der Waals surface area contributed by atoms with E-state index in [1.807, 2.05) is 13.8 Å². The summed E-state index contributed by atoms with van der Waals surface area (Å²) in [6.07, 6.45) is -1.80. The summed E-state index contributed by atoms with van der Waals surface area (Å²) >= 11 is 0. The molecule has 0 heterocycles. The Morgan fingerprint density at radius 2 is 1.70 bits per heavy atom. The fourth-order valence-corrected chi connectivity index (χ4v) is 1.26. The molecule has 0 aromatic heterocycles. The molecule has 3 atom stereocenters. The lowest BCUT2D eigenvalue weighted by Gasteiger charge is -2.18. The van der Waals surface area contributed by atoms with Crippen LogP contribution in [0.5, 0.6) is 0 Å². The average Bonchev–Trinajstić information content (AvgIpc) is 2.39. The Balaban J connectivity index is 3.78. The largest absolute Gasteiger partial charge is 0.481 e. The van der Waals surface area contributed by atoms with E-state index in [0.29, 0.717) is 13.2 Å². The van der Waals surface area contributed by atoms with Crippen molar-refractivity contribution in [3.63, 3.8) is 0 Å². The standard InChI is InChI=1S/C13H24O7/c1-4-5-18-9(2)7-19-10(3)8-20-13(17)11(14)6-12(15)16/h9-11,14H,4-8H2,1-3H3,(H,15,16). The Morgan fingerprint density at radius 1 is 1.10 bits per heavy atom. The fourth-order valence-electron chi connectivity index (χ4n) is 1.26. The van der Waals surface area contributed by atoms with Crippen molar-refractivity contribution < 1.29 is 34.0 Å². The summed E-state index contributed by atoms with van der Waals surface area (Å²) in [5, 5.41) is 17.6. The molecule has 0 spiro atoms. The Kier molecular flexibility index (Phi) is 9.96. The first-order valence-electron chi connectivity index (χ1n) is 6.66. The first-order chi connectivity index (χ1) is 9.36. The molecular weight excluding hydrogens is 268 g/mol. The second kappa shape index (κ2) is 10.6. The highest BCUT2D eigenvalue weighted by Gasteiger charge is 2.21. The van der Waals surface area contributed by atoms with Gasteiger partial charge in [0.15, 0.2) is 6.10 Å². The summed E-state index contributed by atoms with van der Waals surface area (Å²) in [6, 6.07) is 0. The Hall–Kier alpha value is -1.18. The maximum Gasteiger partial charge on any atom is 0.335 e. The van der Waals surface area contributed by atoms with Gasteiger partial charge in [0.05, 0.1) is 25.2 Å². The number of aliphatic carboxylic acids is 1. The Bertz CT molecular complexity index is 292. The molecule has 0 saturated carbocycles. The van der Waals surface area contributed by atoms with Gasteiger partial charge in [-0.2, -0.15) is 0 Å². The Morgan fingerprint density at radius 3 is 2.25 bits per heavy atom. The van der Waals surface area contributed by atoms with Crippen LogP contribution in [0, 0.1) is 0 Å². The highest BCUT2D eigenvalue weighted by molar-refractivity contribution is 5.80. The lowest BCUT2D eigenvalue weighted by molar-refractivity contribution is -0.161. The third kappa shape index (κ3) is 9.71. The molecule has 0 radical (unpaired) electrons. The van der Waals surface area contributed by atoms with Crippen LogP contribution in [-0.2, 0) is 23.8 Å². The monoisotopic (exact) mass is 292 g/mol. The van der Waals surface area contributed by atoms with Crippen molar-refractivity contribution in [2.24, 2.45) is 0 Å². The molecule has 2 N–H and O–H groups in total. The summed E-state index contributed by atoms with van der Waals surface area (Å²) in [4.78, 5) is 21.6. The number of aliphatic hydroxyl groups excluding tert-OH is 1. The van der Waals surface area contributed by atoms with Crippen LogP contribution < -0.4 is 0 Å². The van der Waals surface area contributed by atoms with Crippen LogP contribution in [-0.4, -0.2) is 60.3 Å². The van der Waals surface area contributed by atoms with Crippen LogP contribution in [0.1, 0.15) is 33.6 Å². The number of carbonyl (C=O) groups is 2. The van der Waals surface area contributed by atoms with Gasteiger partial charge in [0.1, 0.15) is 6.61 Å². The maximum atomic E-state index is 11.2. The molecular formula is C13H24O7. The topological polar surface area (TPSA) is 102 Å². The highest BCUT2D eigenvalue weighted by atomic mass is 16.6. The van der Waals surface area contributed by atoms with E-state index in [2.05, 4.69) is 0 Å². The molecule has 0 aliphatic carbocycles. The van der Waals surface area contributed by atoms with E-state index >= 15 is 0 Å². The van der Waals surface area contributed by atoms with Gasteiger partial charge in [-0.15, -0.1) is 0 Å². The minimum atomic E-state index is -1.65. The zero-order chi connectivity index (χ0) is 15.5. The van der Waals surface area contributed by atoms with Crippen LogP contribution in [0.15, 0.2) is 0 Å². The molecule has 0 aromatic rings. The van der Waals surface area contributed by atoms with Crippen molar-refractivity contribution in [3.8, 4) is 0 Å². The molecule has 0 aliphatic rings. The van der Waals surface area contributed by atoms with Gasteiger partial charge in [0.25, 0.3) is 0 Å². The van der Waals surface area contributed by atoms with Crippen molar-refractivity contribution in [2.45, 2.75) is 51.9 Å². The lowest BCUT2D eigenvalue weighted by atomic mass is 10.2. The molecule has 0 fully saturated rings. The van der Waals surface area contributed by atoms with Crippen molar-refractivity contribution >= 4 is 11.9 Å². The maximum absolute atomic E-state index is 11.2. The smallest absolute Gasteiger partial charge is 0.335 e. The number of aliphatic hydroxyl groups is 1. The molecule has 0 aromatic carbocycles. The van der Waals surface area contributed by atoms with E-state index in [1.54, 1.807) is 6.92 Å². The van der Waals surface area contributed by atoms with E-state index in [9.17, 15) is 14.7 Å². The summed E-state index contributed by atoms with van der Waals surface area (Å²) in [5.41, 5.74) is 0. The van der Waals surface area contributed by atoms with E-state index in [1.165, 1.54) is 0 Å².